The Morgan fingerprint density at radius 3 is 0.929 bits per heavy atom. The molecule has 10 aromatic rings. The zero-order chi connectivity index (χ0) is 48.9. The molecule has 4 nitrogen and oxygen atoms in total. The first-order chi connectivity index (χ1) is 33.8. The van der Waals surface area contributed by atoms with Crippen LogP contribution < -0.4 is 25.9 Å². The van der Waals surface area contributed by atoms with Crippen molar-refractivity contribution in [1.82, 2.24) is 9.13 Å². The summed E-state index contributed by atoms with van der Waals surface area (Å²) in [5.74, 6) is -2.59. The highest BCUT2D eigenvalue weighted by molar-refractivity contribution is 7.55. The number of fused-ring (bicyclic) bond motifs is 2. The minimum absolute atomic E-state index is 0.699. The number of aromatic nitrogens is 4. The van der Waals surface area contributed by atoms with E-state index in [1.807, 2.05) is 24.3 Å². The lowest BCUT2D eigenvalue weighted by Crippen LogP contribution is -2.99. The second kappa shape index (κ2) is 18.8. The van der Waals surface area contributed by atoms with Crippen LogP contribution in [0.5, 0.6) is 0 Å². The first-order valence-electron chi connectivity index (χ1n) is 24.0. The van der Waals surface area contributed by atoms with Crippen LogP contribution in [-0.4, -0.2) is 19.9 Å². The van der Waals surface area contributed by atoms with E-state index in [9.17, 15) is 0 Å². The highest BCUT2D eigenvalue weighted by Crippen LogP contribution is 2.41. The minimum atomic E-state index is -2.79. The van der Waals surface area contributed by atoms with E-state index in [-0.39, 0.29) is 0 Å². The Bertz CT molecular complexity index is 3280. The van der Waals surface area contributed by atoms with Crippen molar-refractivity contribution in [2.75, 3.05) is 0 Å². The molecule has 70 heavy (non-hydrogen) atoms. The van der Waals surface area contributed by atoms with E-state index in [0.29, 0.717) is 11.4 Å². The summed E-state index contributed by atoms with van der Waals surface area (Å²) in [5.41, 5.74) is 20.1. The predicted molar refractivity (Wildman–Crippen MR) is 298 cm³/mol. The molecule has 0 saturated heterocycles. The third kappa shape index (κ3) is 7.93. The fraction of sp³-hybridized carbons (Fsp3) is 0.115. The van der Waals surface area contributed by atoms with Crippen molar-refractivity contribution in [2.24, 2.45) is 0 Å². The molecule has 0 aliphatic carbocycles. The van der Waals surface area contributed by atoms with E-state index in [4.69, 9.17) is 34.4 Å². The quantitative estimate of drug-likeness (QED) is 0.142. The zero-order valence-corrected chi connectivity index (χ0v) is 43.0. The standard InChI is InChI=1S/C54H47B2Cl3N4.C7H8/c1-36-32-38(3)47(39(4)33-36)60-49(42-22-12-7-13-23-42)51(44-26-16-9-17-27-44)62-53(60)55(57,58)54-61(48-40(5)34-37(2)35-41(48)6)50(43-24-14-8-15-25-43)52(45-28-18-10-19-29-45)63(54)56(62,59)46-30-20-11-21-31-46;1-7-5-3-2-4-6-7/h7-35H,1-6H3;2-6H,1H3. The van der Waals surface area contributed by atoms with Crippen LogP contribution in [0, 0.1) is 48.5 Å². The Balaban J connectivity index is 0.000000747. The lowest BCUT2D eigenvalue weighted by atomic mass is 9.55. The summed E-state index contributed by atoms with van der Waals surface area (Å²) in [4.78, 5) is -2.79. The van der Waals surface area contributed by atoms with E-state index in [2.05, 4.69) is 249 Å². The first kappa shape index (κ1) is 46.9. The second-order valence-electron chi connectivity index (χ2n) is 18.9. The molecule has 0 unspecified atom stereocenters. The molecule has 0 atom stereocenters. The van der Waals surface area contributed by atoms with Gasteiger partial charge in [-0.25, -0.2) is 9.13 Å². The van der Waals surface area contributed by atoms with Crippen LogP contribution >= 0.6 is 34.4 Å². The maximum Gasteiger partial charge on any atom is 0.492 e. The largest absolute Gasteiger partial charge is 0.492 e. The molecule has 0 bridgehead atoms. The molecule has 0 N–H and O–H groups in total. The number of hydrogen-bond acceptors (Lipinski definition) is 0. The molecule has 0 saturated carbocycles. The third-order valence-electron chi connectivity index (χ3n) is 13.7. The number of aryl methyl sites for hydroxylation is 7. The Morgan fingerprint density at radius 2 is 0.629 bits per heavy atom. The predicted octanol–water partition coefficient (Wildman–Crippen LogP) is 13.2. The summed E-state index contributed by atoms with van der Waals surface area (Å²) in [5, 5.41) is 0. The summed E-state index contributed by atoms with van der Waals surface area (Å²) >= 11 is 26.4. The van der Waals surface area contributed by atoms with Gasteiger partial charge >= 0.3 is 10.8 Å². The van der Waals surface area contributed by atoms with Crippen molar-refractivity contribution in [3.63, 3.8) is 0 Å². The van der Waals surface area contributed by atoms with Crippen LogP contribution in [-0.2, 0) is 0 Å². The van der Waals surface area contributed by atoms with Gasteiger partial charge in [-0.1, -0.05) is 228 Å². The summed E-state index contributed by atoms with van der Waals surface area (Å²) in [7, 11) is 0. The second-order valence-corrected chi connectivity index (χ2v) is 21.0. The minimum Gasteiger partial charge on any atom is -0.399 e. The van der Waals surface area contributed by atoms with Gasteiger partial charge in [-0.3, -0.25) is 11.5 Å². The van der Waals surface area contributed by atoms with Crippen LogP contribution in [0.2, 0.25) is 0 Å². The number of imidazole rings is 2. The molecule has 0 radical (unpaired) electrons. The normalized spacial score (nSPS) is 13.2. The van der Waals surface area contributed by atoms with Crippen molar-refractivity contribution in [2.45, 2.75) is 48.5 Å². The van der Waals surface area contributed by atoms with Crippen LogP contribution in [0.3, 0.4) is 0 Å². The van der Waals surface area contributed by atoms with Crippen LogP contribution in [0.25, 0.3) is 56.4 Å². The van der Waals surface area contributed by atoms with Gasteiger partial charge in [-0.2, -0.15) is 0 Å². The zero-order valence-electron chi connectivity index (χ0n) is 40.7. The van der Waals surface area contributed by atoms with Gasteiger partial charge in [0.15, 0.2) is 11.4 Å². The smallest absolute Gasteiger partial charge is 0.399 e. The number of benzene rings is 8. The highest BCUT2D eigenvalue weighted by atomic mass is 35.5. The number of hydrogen-bond donors (Lipinski definition) is 0. The first-order valence-corrected chi connectivity index (χ1v) is 25.4. The van der Waals surface area contributed by atoms with Gasteiger partial charge in [-0.05, 0) is 70.7 Å². The van der Waals surface area contributed by atoms with Crippen molar-refractivity contribution in [1.29, 1.82) is 0 Å². The van der Waals surface area contributed by atoms with E-state index in [1.54, 1.807) is 0 Å². The maximum absolute atomic E-state index is 9.08. The molecule has 0 amide bonds. The summed E-state index contributed by atoms with van der Waals surface area (Å²) in [6.45, 7) is 15.1. The van der Waals surface area contributed by atoms with Crippen molar-refractivity contribution < 1.29 is 8.96 Å². The summed E-state index contributed by atoms with van der Waals surface area (Å²) < 4.78 is 9.34. The third-order valence-corrected chi connectivity index (χ3v) is 15.2. The highest BCUT2D eigenvalue weighted by Gasteiger charge is 2.61. The van der Waals surface area contributed by atoms with Gasteiger partial charge in [0.2, 0.25) is 0 Å². The van der Waals surface area contributed by atoms with Crippen molar-refractivity contribution in [3.05, 3.63) is 245 Å². The fourth-order valence-electron chi connectivity index (χ4n) is 11.2. The lowest BCUT2D eigenvalue weighted by molar-refractivity contribution is -0.651. The molecule has 1 aliphatic heterocycles. The van der Waals surface area contributed by atoms with Crippen LogP contribution in [0.4, 0.5) is 0 Å². The van der Waals surface area contributed by atoms with Crippen LogP contribution in [0.1, 0.15) is 38.9 Å². The Morgan fingerprint density at radius 1 is 0.343 bits per heavy atom. The van der Waals surface area contributed by atoms with Gasteiger partial charge in [0.25, 0.3) is 0 Å². The average molecular weight is 972 g/mol. The summed E-state index contributed by atoms with van der Waals surface area (Å²) in [6.07, 6.45) is 0. The van der Waals surface area contributed by atoms with Gasteiger partial charge < -0.3 is 31.9 Å². The fourth-order valence-corrected chi connectivity index (χ4v) is 12.6. The molecular formula is C61H55B2Cl3N4. The molecule has 8 aromatic carbocycles. The van der Waals surface area contributed by atoms with Crippen LogP contribution in [0.15, 0.2) is 206 Å². The molecule has 346 valence electrons. The SMILES string of the molecule is Cc1cc(C)c(-n2c(-c3ccccc3)c(-c3ccccc3)[n+]3c2[B-](Cl)(Cl)c2n(-c4c(C)cc(C)cc4C)c(-c4ccccc4)c(-c4ccccc4)[n+]2[B-]3(Cl)c2ccccc2)c(C)c1.Cc1ccccc1. The Hall–Kier alpha value is -6.82. The lowest BCUT2D eigenvalue weighted by Gasteiger charge is -2.44. The molecule has 9 heteroatoms. The molecule has 0 spiro atoms. The van der Waals surface area contributed by atoms with Gasteiger partial charge in [-0.15, -0.1) is 0 Å². The van der Waals surface area contributed by atoms with Crippen molar-refractivity contribution >= 4 is 62.1 Å². The number of rotatable bonds is 7. The van der Waals surface area contributed by atoms with E-state index >= 15 is 0 Å². The maximum atomic E-state index is 9.08. The van der Waals surface area contributed by atoms with Gasteiger partial charge in [0.1, 0.15) is 22.8 Å². The van der Waals surface area contributed by atoms with E-state index < -0.39 is 10.8 Å². The Kier molecular flexibility index (Phi) is 12.6. The molecule has 2 aromatic heterocycles. The number of nitrogens with zero attached hydrogens (tertiary/aromatic N) is 4. The monoisotopic (exact) mass is 970 g/mol. The summed E-state index contributed by atoms with van der Waals surface area (Å²) in [6, 6.07) is 72.1. The average Bonchev–Trinajstić information content (AvgIpc) is 3.92. The van der Waals surface area contributed by atoms with E-state index in [1.165, 1.54) is 16.7 Å². The molecule has 0 fully saturated rings. The van der Waals surface area contributed by atoms with Gasteiger partial charge in [0.05, 0.1) is 11.4 Å². The molecular weight excluding hydrogens is 917 g/mol. The Labute approximate surface area is 427 Å². The molecule has 11 rings (SSSR count). The number of halogens is 3. The van der Waals surface area contributed by atoms with Gasteiger partial charge in [0, 0.05) is 22.3 Å². The topological polar surface area (TPSA) is 17.6 Å². The van der Waals surface area contributed by atoms with E-state index in [0.717, 1.165) is 84.1 Å². The molecule has 1 aliphatic rings. The van der Waals surface area contributed by atoms with Crippen molar-refractivity contribution in [3.8, 4) is 56.4 Å². The molecule has 3 heterocycles.